The SMILES string of the molecule is CCCCCCCCCCCCNC(C)(C)CC. The van der Waals surface area contributed by atoms with Crippen molar-refractivity contribution in [3.05, 3.63) is 0 Å². The molecule has 0 heterocycles. The van der Waals surface area contributed by atoms with Crippen LogP contribution in [0.4, 0.5) is 0 Å². The Morgan fingerprint density at radius 1 is 0.667 bits per heavy atom. The Morgan fingerprint density at radius 3 is 1.56 bits per heavy atom. The van der Waals surface area contributed by atoms with Crippen molar-refractivity contribution in [3.63, 3.8) is 0 Å². The number of rotatable bonds is 13. The van der Waals surface area contributed by atoms with E-state index in [4.69, 9.17) is 0 Å². The van der Waals surface area contributed by atoms with Crippen molar-refractivity contribution < 1.29 is 0 Å². The maximum absolute atomic E-state index is 3.63. The summed E-state index contributed by atoms with van der Waals surface area (Å²) in [5.41, 5.74) is 0.333. The largest absolute Gasteiger partial charge is 0.312 e. The fourth-order valence-corrected chi connectivity index (χ4v) is 2.16. The minimum Gasteiger partial charge on any atom is -0.312 e. The standard InChI is InChI=1S/C17H37N/c1-5-7-8-9-10-11-12-13-14-15-16-18-17(3,4)6-2/h18H,5-16H2,1-4H3. The van der Waals surface area contributed by atoms with Gasteiger partial charge >= 0.3 is 0 Å². The van der Waals surface area contributed by atoms with Crippen LogP contribution >= 0.6 is 0 Å². The third-order valence-corrected chi connectivity index (χ3v) is 4.02. The predicted molar refractivity (Wildman–Crippen MR) is 84.2 cm³/mol. The number of nitrogens with one attached hydrogen (secondary N) is 1. The van der Waals surface area contributed by atoms with Crippen molar-refractivity contribution in [2.24, 2.45) is 0 Å². The molecule has 1 heteroatoms. The van der Waals surface area contributed by atoms with E-state index >= 15 is 0 Å². The zero-order chi connectivity index (χ0) is 13.7. The Bertz CT molecular complexity index is 163. The highest BCUT2D eigenvalue weighted by molar-refractivity contribution is 4.74. The summed E-state index contributed by atoms with van der Waals surface area (Å²) in [6, 6.07) is 0. The first-order chi connectivity index (χ1) is 8.62. The van der Waals surface area contributed by atoms with Crippen LogP contribution in [0.2, 0.25) is 0 Å². The molecule has 0 rings (SSSR count). The topological polar surface area (TPSA) is 12.0 Å². The van der Waals surface area contributed by atoms with Crippen LogP contribution in [0.3, 0.4) is 0 Å². The van der Waals surface area contributed by atoms with Gasteiger partial charge in [-0.1, -0.05) is 71.6 Å². The van der Waals surface area contributed by atoms with E-state index in [0.29, 0.717) is 5.54 Å². The average Bonchev–Trinajstić information content (AvgIpc) is 2.36. The Hall–Kier alpha value is -0.0400. The van der Waals surface area contributed by atoms with Crippen molar-refractivity contribution in [2.75, 3.05) is 6.54 Å². The second-order valence-corrected chi connectivity index (χ2v) is 6.35. The van der Waals surface area contributed by atoms with Crippen molar-refractivity contribution in [2.45, 2.75) is 104 Å². The molecule has 0 aromatic heterocycles. The summed E-state index contributed by atoms with van der Waals surface area (Å²) >= 11 is 0. The smallest absolute Gasteiger partial charge is 0.0122 e. The Morgan fingerprint density at radius 2 is 1.11 bits per heavy atom. The summed E-state index contributed by atoms with van der Waals surface area (Å²) in [7, 11) is 0. The molecule has 0 radical (unpaired) electrons. The molecule has 0 aromatic rings. The second kappa shape index (κ2) is 12.0. The van der Waals surface area contributed by atoms with E-state index in [2.05, 4.69) is 33.0 Å². The van der Waals surface area contributed by atoms with Gasteiger partial charge in [-0.25, -0.2) is 0 Å². The van der Waals surface area contributed by atoms with Crippen LogP contribution in [0.1, 0.15) is 98.3 Å². The Balaban J connectivity index is 3.08. The molecule has 0 spiro atoms. The fourth-order valence-electron chi connectivity index (χ4n) is 2.16. The van der Waals surface area contributed by atoms with Gasteiger partial charge < -0.3 is 5.32 Å². The molecule has 0 aliphatic rings. The molecule has 0 bridgehead atoms. The van der Waals surface area contributed by atoms with Crippen molar-refractivity contribution in [1.82, 2.24) is 5.32 Å². The van der Waals surface area contributed by atoms with Crippen molar-refractivity contribution in [3.8, 4) is 0 Å². The van der Waals surface area contributed by atoms with E-state index in [-0.39, 0.29) is 0 Å². The molecule has 18 heavy (non-hydrogen) atoms. The van der Waals surface area contributed by atoms with E-state index in [1.54, 1.807) is 0 Å². The summed E-state index contributed by atoms with van der Waals surface area (Å²) in [5, 5.41) is 3.63. The van der Waals surface area contributed by atoms with Gasteiger partial charge in [0, 0.05) is 5.54 Å². The van der Waals surface area contributed by atoms with Gasteiger partial charge in [0.15, 0.2) is 0 Å². The van der Waals surface area contributed by atoms with Gasteiger partial charge in [-0.15, -0.1) is 0 Å². The van der Waals surface area contributed by atoms with Crippen LogP contribution < -0.4 is 5.32 Å². The molecular weight excluding hydrogens is 218 g/mol. The minimum atomic E-state index is 0.333. The summed E-state index contributed by atoms with van der Waals surface area (Å²) < 4.78 is 0. The van der Waals surface area contributed by atoms with E-state index in [1.165, 1.54) is 77.2 Å². The summed E-state index contributed by atoms with van der Waals surface area (Å²) in [6.45, 7) is 10.3. The zero-order valence-electron chi connectivity index (χ0n) is 13.5. The quantitative estimate of drug-likeness (QED) is 0.417. The number of unbranched alkanes of at least 4 members (excludes halogenated alkanes) is 9. The van der Waals surface area contributed by atoms with Crippen molar-refractivity contribution >= 4 is 0 Å². The van der Waals surface area contributed by atoms with Crippen LogP contribution in [0.25, 0.3) is 0 Å². The molecule has 0 aliphatic carbocycles. The molecule has 0 aromatic carbocycles. The zero-order valence-corrected chi connectivity index (χ0v) is 13.5. The fraction of sp³-hybridized carbons (Fsp3) is 1.00. The van der Waals surface area contributed by atoms with Crippen molar-refractivity contribution in [1.29, 1.82) is 0 Å². The van der Waals surface area contributed by atoms with E-state index in [0.717, 1.165) is 0 Å². The van der Waals surface area contributed by atoms with Gasteiger partial charge in [0.1, 0.15) is 0 Å². The first-order valence-corrected chi connectivity index (χ1v) is 8.37. The van der Waals surface area contributed by atoms with E-state index in [1.807, 2.05) is 0 Å². The van der Waals surface area contributed by atoms with Crippen LogP contribution in [0.15, 0.2) is 0 Å². The molecule has 0 saturated carbocycles. The molecule has 1 N–H and O–H groups in total. The molecule has 0 fully saturated rings. The normalized spacial score (nSPS) is 12.0. The first-order valence-electron chi connectivity index (χ1n) is 8.37. The minimum absolute atomic E-state index is 0.333. The predicted octanol–water partition coefficient (Wildman–Crippen LogP) is 5.69. The lowest BCUT2D eigenvalue weighted by Crippen LogP contribution is -2.38. The number of hydrogen-bond donors (Lipinski definition) is 1. The van der Waals surface area contributed by atoms with Gasteiger partial charge in [0.05, 0.1) is 0 Å². The Labute approximate surface area is 116 Å². The van der Waals surface area contributed by atoms with E-state index in [9.17, 15) is 0 Å². The van der Waals surface area contributed by atoms with Gasteiger partial charge in [-0.2, -0.15) is 0 Å². The second-order valence-electron chi connectivity index (χ2n) is 6.35. The van der Waals surface area contributed by atoms with E-state index < -0.39 is 0 Å². The Kier molecular flexibility index (Phi) is 12.0. The molecule has 0 unspecified atom stereocenters. The van der Waals surface area contributed by atoms with Crippen LogP contribution in [-0.4, -0.2) is 12.1 Å². The highest BCUT2D eigenvalue weighted by atomic mass is 14.9. The summed E-state index contributed by atoms with van der Waals surface area (Å²) in [4.78, 5) is 0. The maximum atomic E-state index is 3.63. The third-order valence-electron chi connectivity index (χ3n) is 4.02. The van der Waals surface area contributed by atoms with Crippen LogP contribution in [0.5, 0.6) is 0 Å². The molecule has 0 atom stereocenters. The monoisotopic (exact) mass is 255 g/mol. The van der Waals surface area contributed by atoms with Gasteiger partial charge in [0.25, 0.3) is 0 Å². The molecule has 1 nitrogen and oxygen atoms in total. The average molecular weight is 255 g/mol. The lowest BCUT2D eigenvalue weighted by Gasteiger charge is -2.24. The molecule has 110 valence electrons. The van der Waals surface area contributed by atoms with Gasteiger partial charge in [-0.3, -0.25) is 0 Å². The first kappa shape index (κ1) is 18.0. The summed E-state index contributed by atoms with van der Waals surface area (Å²) in [5.74, 6) is 0. The molecule has 0 amide bonds. The van der Waals surface area contributed by atoms with Gasteiger partial charge in [-0.05, 0) is 33.2 Å². The molecular formula is C17H37N. The lowest BCUT2D eigenvalue weighted by atomic mass is 10.0. The highest BCUT2D eigenvalue weighted by Crippen LogP contribution is 2.11. The van der Waals surface area contributed by atoms with Crippen LogP contribution in [0, 0.1) is 0 Å². The highest BCUT2D eigenvalue weighted by Gasteiger charge is 2.12. The lowest BCUT2D eigenvalue weighted by molar-refractivity contribution is 0.370. The van der Waals surface area contributed by atoms with Crippen LogP contribution in [-0.2, 0) is 0 Å². The maximum Gasteiger partial charge on any atom is 0.0122 e. The summed E-state index contributed by atoms with van der Waals surface area (Å²) in [6.07, 6.45) is 15.5. The molecule has 0 saturated heterocycles. The molecule has 0 aliphatic heterocycles. The van der Waals surface area contributed by atoms with Gasteiger partial charge in [0.2, 0.25) is 0 Å². The third kappa shape index (κ3) is 12.4. The number of hydrogen-bond acceptors (Lipinski definition) is 1.